The minimum Gasteiger partial charge on any atom is -0.396 e. The molecule has 3 rings (SSSR count). The predicted octanol–water partition coefficient (Wildman–Crippen LogP) is 3.21. The van der Waals surface area contributed by atoms with Crippen LogP contribution in [0.5, 0.6) is 0 Å². The van der Waals surface area contributed by atoms with Gasteiger partial charge in [0.1, 0.15) is 5.69 Å². The topological polar surface area (TPSA) is 65.1 Å². The average molecular weight is 296 g/mol. The number of aromatic nitrogens is 1. The number of carbonyl (C=O) groups excluding carboxylic acids is 1. The maximum Gasteiger partial charge on any atom is 0.267 e. The van der Waals surface area contributed by atoms with E-state index in [1.54, 1.807) is 0 Å². The van der Waals surface area contributed by atoms with Crippen molar-refractivity contribution in [1.82, 2.24) is 10.3 Å². The number of amides is 1. The van der Waals surface area contributed by atoms with Crippen LogP contribution in [0.3, 0.4) is 0 Å². The van der Waals surface area contributed by atoms with Gasteiger partial charge in [-0.15, -0.1) is 0 Å². The largest absolute Gasteiger partial charge is 0.396 e. The van der Waals surface area contributed by atoms with Crippen molar-refractivity contribution in [2.45, 2.75) is 25.8 Å². The first-order chi connectivity index (χ1) is 10.7. The summed E-state index contributed by atoms with van der Waals surface area (Å²) in [6, 6.07) is 14.1. The lowest BCUT2D eigenvalue weighted by molar-refractivity contribution is 0.0925. The van der Waals surface area contributed by atoms with Crippen molar-refractivity contribution in [3.05, 3.63) is 48.2 Å². The Bertz CT molecular complexity index is 807. The van der Waals surface area contributed by atoms with Crippen LogP contribution in [0.1, 0.15) is 30.3 Å². The Morgan fingerprint density at radius 2 is 2.05 bits per heavy atom. The smallest absolute Gasteiger partial charge is 0.267 e. The number of benzene rings is 2. The van der Waals surface area contributed by atoms with Gasteiger partial charge < -0.3 is 15.4 Å². The van der Waals surface area contributed by atoms with Crippen LogP contribution >= 0.6 is 0 Å². The van der Waals surface area contributed by atoms with E-state index in [1.807, 2.05) is 31.2 Å². The Morgan fingerprint density at radius 1 is 1.23 bits per heavy atom. The molecule has 1 amide bonds. The third kappa shape index (κ3) is 2.70. The van der Waals surface area contributed by atoms with Crippen LogP contribution in [0.25, 0.3) is 21.7 Å². The number of hydrogen-bond acceptors (Lipinski definition) is 2. The summed E-state index contributed by atoms with van der Waals surface area (Å²) in [5.74, 6) is -0.124. The molecule has 1 atom stereocenters. The Labute approximate surface area is 129 Å². The first-order valence-corrected chi connectivity index (χ1v) is 7.65. The van der Waals surface area contributed by atoms with Crippen LogP contribution in [0.4, 0.5) is 0 Å². The fourth-order valence-corrected chi connectivity index (χ4v) is 2.81. The lowest BCUT2D eigenvalue weighted by Gasteiger charge is -2.14. The van der Waals surface area contributed by atoms with Crippen molar-refractivity contribution < 1.29 is 9.90 Å². The zero-order chi connectivity index (χ0) is 15.5. The van der Waals surface area contributed by atoms with Gasteiger partial charge in [0.15, 0.2) is 0 Å². The highest BCUT2D eigenvalue weighted by Crippen LogP contribution is 2.25. The van der Waals surface area contributed by atoms with Crippen molar-refractivity contribution >= 4 is 27.6 Å². The summed E-state index contributed by atoms with van der Waals surface area (Å²) in [5.41, 5.74) is 1.52. The number of hydrogen-bond donors (Lipinski definition) is 3. The first kappa shape index (κ1) is 14.6. The first-order valence-electron chi connectivity index (χ1n) is 7.65. The second kappa shape index (κ2) is 6.20. The molecule has 0 aliphatic heterocycles. The number of carbonyl (C=O) groups is 1. The minimum absolute atomic E-state index is 0.000608. The predicted molar refractivity (Wildman–Crippen MR) is 89.1 cm³/mol. The van der Waals surface area contributed by atoms with Crippen LogP contribution in [0.15, 0.2) is 42.5 Å². The van der Waals surface area contributed by atoms with Gasteiger partial charge in [-0.05, 0) is 35.7 Å². The van der Waals surface area contributed by atoms with Crippen molar-refractivity contribution in [3.63, 3.8) is 0 Å². The minimum atomic E-state index is -0.124. The maximum atomic E-state index is 12.4. The Hall–Kier alpha value is -2.33. The van der Waals surface area contributed by atoms with E-state index in [9.17, 15) is 4.79 Å². The molecule has 0 radical (unpaired) electrons. The summed E-state index contributed by atoms with van der Waals surface area (Å²) < 4.78 is 0. The zero-order valence-corrected chi connectivity index (χ0v) is 12.6. The van der Waals surface area contributed by atoms with Crippen LogP contribution in [0.2, 0.25) is 0 Å². The monoisotopic (exact) mass is 296 g/mol. The normalized spacial score (nSPS) is 12.6. The van der Waals surface area contributed by atoms with Gasteiger partial charge in [-0.3, -0.25) is 4.79 Å². The number of rotatable bonds is 5. The van der Waals surface area contributed by atoms with Gasteiger partial charge in [0.05, 0.1) is 0 Å². The molecule has 114 valence electrons. The summed E-state index contributed by atoms with van der Waals surface area (Å²) in [7, 11) is 0. The van der Waals surface area contributed by atoms with Crippen LogP contribution in [-0.4, -0.2) is 28.6 Å². The SMILES string of the molecule is CCC(CCO)NC(=O)c1cc2c(ccc3ccccc32)[nH]1. The van der Waals surface area contributed by atoms with Gasteiger partial charge in [-0.2, -0.15) is 0 Å². The molecule has 0 saturated carbocycles. The molecule has 2 aromatic carbocycles. The highest BCUT2D eigenvalue weighted by molar-refractivity contribution is 6.09. The third-order valence-electron chi connectivity index (χ3n) is 4.08. The number of nitrogens with one attached hydrogen (secondary N) is 2. The summed E-state index contributed by atoms with van der Waals surface area (Å²) in [6.45, 7) is 2.08. The fraction of sp³-hybridized carbons (Fsp3) is 0.278. The lowest BCUT2D eigenvalue weighted by atomic mass is 10.1. The number of fused-ring (bicyclic) bond motifs is 3. The van der Waals surface area contributed by atoms with E-state index in [2.05, 4.69) is 28.5 Å². The molecule has 1 aromatic heterocycles. The van der Waals surface area contributed by atoms with E-state index < -0.39 is 0 Å². The third-order valence-corrected chi connectivity index (χ3v) is 4.08. The van der Waals surface area contributed by atoms with Gasteiger partial charge in [0.25, 0.3) is 5.91 Å². The van der Waals surface area contributed by atoms with Crippen molar-refractivity contribution in [1.29, 1.82) is 0 Å². The summed E-state index contributed by atoms with van der Waals surface area (Å²) in [4.78, 5) is 15.6. The Balaban J connectivity index is 1.94. The molecule has 1 heterocycles. The second-order valence-corrected chi connectivity index (χ2v) is 5.52. The number of aromatic amines is 1. The molecule has 3 aromatic rings. The van der Waals surface area contributed by atoms with Crippen LogP contribution < -0.4 is 5.32 Å². The summed E-state index contributed by atoms with van der Waals surface area (Å²) >= 11 is 0. The molecule has 3 N–H and O–H groups in total. The zero-order valence-electron chi connectivity index (χ0n) is 12.6. The van der Waals surface area contributed by atoms with E-state index >= 15 is 0 Å². The Morgan fingerprint density at radius 3 is 2.82 bits per heavy atom. The molecule has 0 bridgehead atoms. The molecule has 4 nitrogen and oxygen atoms in total. The molecule has 0 aliphatic rings. The molecular weight excluding hydrogens is 276 g/mol. The summed E-state index contributed by atoms with van der Waals surface area (Å²) in [5, 5.41) is 15.3. The quantitative estimate of drug-likeness (QED) is 0.677. The van der Waals surface area contributed by atoms with Crippen LogP contribution in [-0.2, 0) is 0 Å². The van der Waals surface area contributed by atoms with Crippen LogP contribution in [0, 0.1) is 0 Å². The van der Waals surface area contributed by atoms with E-state index in [0.717, 1.165) is 28.1 Å². The molecule has 0 spiro atoms. The van der Waals surface area contributed by atoms with Crippen molar-refractivity contribution in [2.24, 2.45) is 0 Å². The molecular formula is C18H20N2O2. The molecule has 4 heteroatoms. The maximum absolute atomic E-state index is 12.4. The summed E-state index contributed by atoms with van der Waals surface area (Å²) in [6.07, 6.45) is 1.38. The molecule has 0 fully saturated rings. The van der Waals surface area contributed by atoms with Gasteiger partial charge in [0, 0.05) is 23.6 Å². The lowest BCUT2D eigenvalue weighted by Crippen LogP contribution is -2.35. The highest BCUT2D eigenvalue weighted by atomic mass is 16.3. The van der Waals surface area contributed by atoms with E-state index in [4.69, 9.17) is 5.11 Å². The van der Waals surface area contributed by atoms with Gasteiger partial charge >= 0.3 is 0 Å². The average Bonchev–Trinajstić information content (AvgIpc) is 2.99. The van der Waals surface area contributed by atoms with E-state index in [0.29, 0.717) is 12.1 Å². The molecule has 0 saturated heterocycles. The number of H-pyrrole nitrogens is 1. The fourth-order valence-electron chi connectivity index (χ4n) is 2.81. The Kier molecular flexibility index (Phi) is 4.11. The van der Waals surface area contributed by atoms with E-state index in [1.165, 1.54) is 0 Å². The standard InChI is InChI=1S/C18H20N2O2/c1-2-13(9-10-21)19-18(22)17-11-15-14-6-4-3-5-12(14)7-8-16(15)20-17/h3-8,11,13,20-21H,2,9-10H2,1H3,(H,19,22). The van der Waals surface area contributed by atoms with Crippen molar-refractivity contribution in [2.75, 3.05) is 6.61 Å². The van der Waals surface area contributed by atoms with Gasteiger partial charge in [-0.25, -0.2) is 0 Å². The molecule has 1 unspecified atom stereocenters. The molecule has 0 aliphatic carbocycles. The van der Waals surface area contributed by atoms with Crippen molar-refractivity contribution in [3.8, 4) is 0 Å². The molecule has 22 heavy (non-hydrogen) atoms. The number of aliphatic hydroxyl groups is 1. The van der Waals surface area contributed by atoms with E-state index in [-0.39, 0.29) is 18.6 Å². The second-order valence-electron chi connectivity index (χ2n) is 5.52. The van der Waals surface area contributed by atoms with Gasteiger partial charge in [0.2, 0.25) is 0 Å². The number of aliphatic hydroxyl groups excluding tert-OH is 1. The van der Waals surface area contributed by atoms with Gasteiger partial charge in [-0.1, -0.05) is 37.3 Å². The highest BCUT2D eigenvalue weighted by Gasteiger charge is 2.14.